The van der Waals surface area contributed by atoms with E-state index in [9.17, 15) is 9.59 Å². The first-order chi connectivity index (χ1) is 10.4. The predicted octanol–water partition coefficient (Wildman–Crippen LogP) is 1.52. The van der Waals surface area contributed by atoms with Crippen molar-refractivity contribution in [1.82, 2.24) is 0 Å². The fourth-order valence-electron chi connectivity index (χ4n) is 1.35. The van der Waals surface area contributed by atoms with Crippen molar-refractivity contribution in [3.8, 4) is 0 Å². The Kier molecular flexibility index (Phi) is 13.9. The van der Waals surface area contributed by atoms with Crippen LogP contribution >= 0.6 is 25.3 Å². The van der Waals surface area contributed by atoms with Crippen molar-refractivity contribution >= 4 is 37.2 Å². The fourth-order valence-corrected chi connectivity index (χ4v) is 1.65. The zero-order valence-electron chi connectivity index (χ0n) is 13.2. The second-order valence-corrected chi connectivity index (χ2v) is 6.54. The number of thiol groups is 2. The van der Waals surface area contributed by atoms with Crippen LogP contribution in [0.1, 0.15) is 26.7 Å². The topological polar surface area (TPSA) is 71.1 Å². The minimum absolute atomic E-state index is 0.00751. The maximum atomic E-state index is 11.2. The summed E-state index contributed by atoms with van der Waals surface area (Å²) in [6.07, 6.45) is 0.577. The fraction of sp³-hybridized carbons (Fsp3) is 0.857. The number of carbonyl (C=O) groups is 2. The summed E-state index contributed by atoms with van der Waals surface area (Å²) in [6, 6.07) is 0. The zero-order valence-corrected chi connectivity index (χ0v) is 14.9. The van der Waals surface area contributed by atoms with Crippen LogP contribution in [0.4, 0.5) is 0 Å². The second kappa shape index (κ2) is 14.2. The lowest BCUT2D eigenvalue weighted by Gasteiger charge is -2.08. The summed E-state index contributed by atoms with van der Waals surface area (Å²) in [5, 5.41) is -0.0150. The van der Waals surface area contributed by atoms with Crippen LogP contribution < -0.4 is 0 Å². The Labute approximate surface area is 143 Å². The number of rotatable bonds is 13. The molecule has 0 heterocycles. The second-order valence-electron chi connectivity index (χ2n) is 4.77. The Morgan fingerprint density at radius 2 is 1.05 bits per heavy atom. The summed E-state index contributed by atoms with van der Waals surface area (Å²) < 4.78 is 20.3. The average molecular weight is 354 g/mol. The summed E-state index contributed by atoms with van der Waals surface area (Å²) >= 11 is 8.20. The van der Waals surface area contributed by atoms with E-state index < -0.39 is 0 Å². The van der Waals surface area contributed by atoms with Gasteiger partial charge in [-0.25, -0.2) is 0 Å². The van der Waals surface area contributed by atoms with E-state index in [1.54, 1.807) is 0 Å². The van der Waals surface area contributed by atoms with Gasteiger partial charge in [-0.2, -0.15) is 25.3 Å². The van der Waals surface area contributed by atoms with E-state index in [0.29, 0.717) is 26.4 Å². The highest BCUT2D eigenvalue weighted by Gasteiger charge is 2.06. The van der Waals surface area contributed by atoms with Gasteiger partial charge in [0.2, 0.25) is 0 Å². The SMILES string of the molecule is CC(S)CC(=O)OCCOCCOCCOC(=O)CC(C)S. The van der Waals surface area contributed by atoms with Crippen molar-refractivity contribution < 1.29 is 28.5 Å². The summed E-state index contributed by atoms with van der Waals surface area (Å²) in [6.45, 7) is 5.53. The van der Waals surface area contributed by atoms with Gasteiger partial charge in [-0.15, -0.1) is 0 Å². The molecule has 0 aliphatic heterocycles. The average Bonchev–Trinajstić information content (AvgIpc) is 2.39. The molecule has 0 fully saturated rings. The first-order valence-corrected chi connectivity index (χ1v) is 8.28. The van der Waals surface area contributed by atoms with Crippen molar-refractivity contribution in [3.63, 3.8) is 0 Å². The number of ether oxygens (including phenoxy) is 4. The first-order valence-electron chi connectivity index (χ1n) is 7.24. The molecule has 0 bridgehead atoms. The van der Waals surface area contributed by atoms with Crippen LogP contribution in [-0.4, -0.2) is 62.1 Å². The lowest BCUT2D eigenvalue weighted by atomic mass is 10.3. The number of hydrogen-bond donors (Lipinski definition) is 2. The van der Waals surface area contributed by atoms with Crippen LogP contribution in [0.2, 0.25) is 0 Å². The van der Waals surface area contributed by atoms with Gasteiger partial charge in [-0.3, -0.25) is 9.59 Å². The Balaban J connectivity index is 3.24. The molecule has 0 aliphatic carbocycles. The lowest BCUT2D eigenvalue weighted by molar-refractivity contribution is -0.146. The Hall–Kier alpha value is -0.440. The highest BCUT2D eigenvalue weighted by Crippen LogP contribution is 2.01. The number of hydrogen-bond acceptors (Lipinski definition) is 8. The standard InChI is InChI=1S/C14H26O6S2/c1-11(21)9-13(15)19-7-5-17-3-4-18-6-8-20-14(16)10-12(2)22/h11-12,21-22H,3-10H2,1-2H3. The van der Waals surface area contributed by atoms with Gasteiger partial charge < -0.3 is 18.9 Å². The summed E-state index contributed by atoms with van der Waals surface area (Å²) in [5.41, 5.74) is 0. The molecule has 0 saturated heterocycles. The van der Waals surface area contributed by atoms with Crippen LogP contribution in [0.15, 0.2) is 0 Å². The third kappa shape index (κ3) is 15.9. The van der Waals surface area contributed by atoms with Gasteiger partial charge in [0.05, 0.1) is 39.3 Å². The van der Waals surface area contributed by atoms with E-state index in [1.807, 2.05) is 13.8 Å². The maximum Gasteiger partial charge on any atom is 0.306 e. The van der Waals surface area contributed by atoms with Gasteiger partial charge in [-0.05, 0) is 0 Å². The highest BCUT2D eigenvalue weighted by atomic mass is 32.1. The molecule has 0 saturated carbocycles. The molecule has 6 nitrogen and oxygen atoms in total. The van der Waals surface area contributed by atoms with Crippen LogP contribution in [0.3, 0.4) is 0 Å². The molecule has 0 rings (SSSR count). The predicted molar refractivity (Wildman–Crippen MR) is 89.7 cm³/mol. The van der Waals surface area contributed by atoms with Crippen molar-refractivity contribution in [2.45, 2.75) is 37.2 Å². The third-order valence-corrected chi connectivity index (χ3v) is 2.64. The molecule has 0 amide bonds. The quantitative estimate of drug-likeness (QED) is 0.297. The molecule has 0 aromatic carbocycles. The molecule has 130 valence electrons. The van der Waals surface area contributed by atoms with E-state index >= 15 is 0 Å². The van der Waals surface area contributed by atoms with Gasteiger partial charge in [0.1, 0.15) is 13.2 Å². The van der Waals surface area contributed by atoms with Gasteiger partial charge >= 0.3 is 11.9 Å². The molecule has 22 heavy (non-hydrogen) atoms. The summed E-state index contributed by atoms with van der Waals surface area (Å²) in [5.74, 6) is -0.556. The Morgan fingerprint density at radius 1 is 0.727 bits per heavy atom. The monoisotopic (exact) mass is 354 g/mol. The van der Waals surface area contributed by atoms with Crippen LogP contribution in [-0.2, 0) is 28.5 Å². The molecule has 0 spiro atoms. The first kappa shape index (κ1) is 21.6. The van der Waals surface area contributed by atoms with Crippen molar-refractivity contribution in [2.24, 2.45) is 0 Å². The lowest BCUT2D eigenvalue weighted by Crippen LogP contribution is -2.16. The third-order valence-electron chi connectivity index (χ3n) is 2.28. The van der Waals surface area contributed by atoms with E-state index in [1.165, 1.54) is 0 Å². The van der Waals surface area contributed by atoms with Crippen LogP contribution in [0, 0.1) is 0 Å². The van der Waals surface area contributed by atoms with Crippen LogP contribution in [0.5, 0.6) is 0 Å². The Bertz CT molecular complexity index is 280. The molecule has 0 N–H and O–H groups in total. The van der Waals surface area contributed by atoms with E-state index in [4.69, 9.17) is 18.9 Å². The summed E-state index contributed by atoms with van der Waals surface area (Å²) in [4.78, 5) is 22.4. The zero-order chi connectivity index (χ0) is 16.8. The van der Waals surface area contributed by atoms with Gasteiger partial charge in [0.15, 0.2) is 0 Å². The minimum atomic E-state index is -0.278. The smallest absolute Gasteiger partial charge is 0.306 e. The number of carbonyl (C=O) groups excluding carboxylic acids is 2. The van der Waals surface area contributed by atoms with Crippen LogP contribution in [0.25, 0.3) is 0 Å². The Morgan fingerprint density at radius 3 is 1.36 bits per heavy atom. The minimum Gasteiger partial charge on any atom is -0.463 e. The van der Waals surface area contributed by atoms with E-state index in [2.05, 4.69) is 25.3 Å². The number of esters is 2. The summed E-state index contributed by atoms with van der Waals surface area (Å²) in [7, 11) is 0. The molecule has 2 unspecified atom stereocenters. The van der Waals surface area contributed by atoms with Crippen molar-refractivity contribution in [2.75, 3.05) is 39.6 Å². The van der Waals surface area contributed by atoms with Crippen molar-refractivity contribution in [1.29, 1.82) is 0 Å². The molecule has 8 heteroatoms. The van der Waals surface area contributed by atoms with E-state index in [0.717, 1.165) is 0 Å². The largest absolute Gasteiger partial charge is 0.463 e. The molecule has 0 aromatic heterocycles. The molecule has 0 aromatic rings. The molecule has 0 aliphatic rings. The highest BCUT2D eigenvalue weighted by molar-refractivity contribution is 7.81. The molecule has 2 atom stereocenters. The molecular weight excluding hydrogens is 328 g/mol. The van der Waals surface area contributed by atoms with Gasteiger partial charge in [-0.1, -0.05) is 13.8 Å². The van der Waals surface area contributed by atoms with Gasteiger partial charge in [0, 0.05) is 10.5 Å². The normalized spacial score (nSPS) is 13.5. The van der Waals surface area contributed by atoms with Gasteiger partial charge in [0.25, 0.3) is 0 Å². The van der Waals surface area contributed by atoms with E-state index in [-0.39, 0.29) is 48.5 Å². The maximum absolute atomic E-state index is 11.2. The molecule has 0 radical (unpaired) electrons. The molecular formula is C14H26O6S2. The van der Waals surface area contributed by atoms with Crippen molar-refractivity contribution in [3.05, 3.63) is 0 Å².